The van der Waals surface area contributed by atoms with E-state index in [1.807, 2.05) is 30.3 Å². The number of benzene rings is 1. The molecule has 2 aliphatic rings. The van der Waals surface area contributed by atoms with Gasteiger partial charge in [-0.05, 0) is 38.0 Å². The van der Waals surface area contributed by atoms with E-state index < -0.39 is 5.97 Å². The Labute approximate surface area is 166 Å². The largest absolute Gasteiger partial charge is 0.481 e. The molecule has 2 heterocycles. The molecule has 1 aromatic carbocycles. The molecule has 0 unspecified atom stereocenters. The van der Waals surface area contributed by atoms with Crippen molar-refractivity contribution in [2.75, 3.05) is 6.54 Å². The predicted molar refractivity (Wildman–Crippen MR) is 109 cm³/mol. The van der Waals surface area contributed by atoms with Crippen LogP contribution in [0.3, 0.4) is 0 Å². The zero-order valence-electron chi connectivity index (χ0n) is 15.5. The number of carbonyl (C=O) groups is 1. The minimum atomic E-state index is -0.725. The van der Waals surface area contributed by atoms with Crippen LogP contribution in [-0.4, -0.2) is 34.8 Å². The summed E-state index contributed by atoms with van der Waals surface area (Å²) in [6.45, 7) is 0.825. The number of aliphatic carboxylic acids is 1. The van der Waals surface area contributed by atoms with Crippen molar-refractivity contribution in [2.45, 2.75) is 50.7 Å². The molecule has 1 aromatic rings. The van der Waals surface area contributed by atoms with Gasteiger partial charge >= 0.3 is 5.97 Å². The molecule has 2 aliphatic heterocycles. The van der Waals surface area contributed by atoms with Crippen molar-refractivity contribution < 1.29 is 14.6 Å². The van der Waals surface area contributed by atoms with E-state index in [2.05, 4.69) is 23.0 Å². The lowest BCUT2D eigenvalue weighted by atomic mass is 9.77. The molecule has 0 aromatic heterocycles. The minimum Gasteiger partial charge on any atom is -0.481 e. The molecule has 0 radical (unpaired) electrons. The normalized spacial score (nSPS) is 26.5. The van der Waals surface area contributed by atoms with E-state index >= 15 is 0 Å². The van der Waals surface area contributed by atoms with Crippen LogP contribution in [0.25, 0.3) is 0 Å². The topological polar surface area (TPSA) is 70.6 Å². The summed E-state index contributed by atoms with van der Waals surface area (Å²) in [4.78, 5) is 11.3. The number of fused-ring (bicyclic) bond motifs is 2. The molecule has 3 N–H and O–H groups in total. The van der Waals surface area contributed by atoms with Gasteiger partial charge in [-0.3, -0.25) is 4.79 Å². The Morgan fingerprint density at radius 3 is 2.67 bits per heavy atom. The lowest BCUT2D eigenvalue weighted by Crippen LogP contribution is -2.43. The van der Waals surface area contributed by atoms with Gasteiger partial charge in [0.05, 0.1) is 12.2 Å². The molecular weight excluding hydrogens is 360 g/mol. The summed E-state index contributed by atoms with van der Waals surface area (Å²) in [5.74, 6) is 0.259. The van der Waals surface area contributed by atoms with Crippen molar-refractivity contribution in [3.63, 3.8) is 0 Å². The molecule has 6 heteroatoms. The quantitative estimate of drug-likeness (QED) is 0.247. The van der Waals surface area contributed by atoms with Crippen LogP contribution in [0.5, 0.6) is 0 Å². The van der Waals surface area contributed by atoms with Crippen LogP contribution in [0, 0.1) is 11.8 Å². The number of hydrogen-bond acceptors (Lipinski definition) is 4. The Morgan fingerprint density at radius 2 is 1.93 bits per heavy atom. The molecule has 27 heavy (non-hydrogen) atoms. The third-order valence-electron chi connectivity index (χ3n) is 5.50. The van der Waals surface area contributed by atoms with Gasteiger partial charge in [0, 0.05) is 24.4 Å². The predicted octanol–water partition coefficient (Wildman–Crippen LogP) is 3.45. The number of carboxylic acids is 1. The number of hydrazine groups is 1. The minimum absolute atomic E-state index is 0.237. The Balaban J connectivity index is 1.43. The van der Waals surface area contributed by atoms with Crippen LogP contribution in [0.4, 0.5) is 0 Å². The highest BCUT2D eigenvalue weighted by molar-refractivity contribution is 7.80. The van der Waals surface area contributed by atoms with Crippen LogP contribution in [0.2, 0.25) is 0 Å². The van der Waals surface area contributed by atoms with Gasteiger partial charge in [-0.25, -0.2) is 5.43 Å². The number of thiocarbonyl (C=S) groups is 1. The molecule has 2 bridgehead atoms. The van der Waals surface area contributed by atoms with Crippen molar-refractivity contribution in [3.05, 3.63) is 48.0 Å². The molecule has 3 rings (SSSR count). The summed E-state index contributed by atoms with van der Waals surface area (Å²) < 4.78 is 6.14. The highest BCUT2D eigenvalue weighted by Gasteiger charge is 2.47. The monoisotopic (exact) mass is 388 g/mol. The summed E-state index contributed by atoms with van der Waals surface area (Å²) in [5, 5.41) is 8.68. The average Bonchev–Trinajstić information content (AvgIpc) is 3.27. The molecule has 2 saturated heterocycles. The molecule has 0 amide bonds. The van der Waals surface area contributed by atoms with E-state index in [-0.39, 0.29) is 6.42 Å². The smallest absolute Gasteiger partial charge is 0.303 e. The summed E-state index contributed by atoms with van der Waals surface area (Å²) in [7, 11) is 0. The van der Waals surface area contributed by atoms with Crippen molar-refractivity contribution in [2.24, 2.45) is 11.8 Å². The zero-order valence-corrected chi connectivity index (χ0v) is 16.3. The maximum Gasteiger partial charge on any atom is 0.303 e. The average molecular weight is 389 g/mol. The van der Waals surface area contributed by atoms with E-state index in [0.717, 1.165) is 37.8 Å². The molecule has 0 saturated carbocycles. The Morgan fingerprint density at radius 1 is 1.19 bits per heavy atom. The fraction of sp³-hybridized carbons (Fsp3) is 0.524. The van der Waals surface area contributed by atoms with Gasteiger partial charge in [0.25, 0.3) is 0 Å². The molecule has 5 nitrogen and oxygen atoms in total. The third kappa shape index (κ3) is 5.61. The van der Waals surface area contributed by atoms with Gasteiger partial charge in [0.15, 0.2) is 0 Å². The van der Waals surface area contributed by atoms with Crippen LogP contribution >= 0.6 is 12.2 Å². The summed E-state index contributed by atoms with van der Waals surface area (Å²) in [6.07, 6.45) is 10.0. The number of unbranched alkanes of at least 4 members (excludes halogenated alkanes) is 1. The van der Waals surface area contributed by atoms with Crippen LogP contribution in [-0.2, 0) is 9.53 Å². The summed E-state index contributed by atoms with van der Waals surface area (Å²) in [5.41, 5.74) is 7.46. The zero-order chi connectivity index (χ0) is 19.1. The van der Waals surface area contributed by atoms with Gasteiger partial charge in [-0.15, -0.1) is 0 Å². The highest BCUT2D eigenvalue weighted by Crippen LogP contribution is 2.44. The first-order valence-corrected chi connectivity index (χ1v) is 10.2. The second kappa shape index (κ2) is 9.97. The van der Waals surface area contributed by atoms with Gasteiger partial charge in [-0.1, -0.05) is 54.7 Å². The fourth-order valence-corrected chi connectivity index (χ4v) is 4.34. The first kappa shape index (κ1) is 20.0. The van der Waals surface area contributed by atoms with Crippen LogP contribution < -0.4 is 10.9 Å². The Kier molecular flexibility index (Phi) is 7.38. The lowest BCUT2D eigenvalue weighted by molar-refractivity contribution is -0.137. The molecular formula is C21H28N2O3S. The Hall–Kier alpha value is -1.76. The van der Waals surface area contributed by atoms with Gasteiger partial charge in [-0.2, -0.15) is 0 Å². The summed E-state index contributed by atoms with van der Waals surface area (Å²) >= 11 is 5.43. The SMILES string of the molecule is O=C(O)CCCC=CC[C@@H]1[C@@H](CNNC(=S)c2ccccc2)[C@@H]2CC[C@H]1O2. The number of hydrogen-bond donors (Lipinski definition) is 3. The second-order valence-corrected chi connectivity index (χ2v) is 7.72. The van der Waals surface area contributed by atoms with E-state index in [9.17, 15) is 4.79 Å². The molecule has 4 atom stereocenters. The fourth-order valence-electron chi connectivity index (χ4n) is 4.13. The van der Waals surface area contributed by atoms with Crippen molar-refractivity contribution >= 4 is 23.2 Å². The van der Waals surface area contributed by atoms with Crippen molar-refractivity contribution in [1.29, 1.82) is 0 Å². The standard InChI is InChI=1S/C21H28N2O3S/c24-20(25)11-7-2-1-6-10-16-17(19-13-12-18(16)26-19)14-22-23-21(27)15-8-4-3-5-9-15/h1,3-6,8-9,16-19,22H,2,7,10-14H2,(H,23,27)(H,24,25)/t16-,17-,18-,19+/m1/s1. The maximum absolute atomic E-state index is 10.5. The second-order valence-electron chi connectivity index (χ2n) is 7.31. The van der Waals surface area contributed by atoms with E-state index in [1.54, 1.807) is 0 Å². The van der Waals surface area contributed by atoms with Gasteiger partial charge in [0.2, 0.25) is 0 Å². The third-order valence-corrected chi connectivity index (χ3v) is 5.84. The first-order chi connectivity index (χ1) is 13.1. The molecule has 146 valence electrons. The van der Waals surface area contributed by atoms with Crippen molar-refractivity contribution in [1.82, 2.24) is 10.9 Å². The van der Waals surface area contributed by atoms with Gasteiger partial charge < -0.3 is 15.3 Å². The number of allylic oxidation sites excluding steroid dienone is 2. The van der Waals surface area contributed by atoms with E-state index in [0.29, 0.717) is 35.5 Å². The van der Waals surface area contributed by atoms with E-state index in [4.69, 9.17) is 22.1 Å². The van der Waals surface area contributed by atoms with Gasteiger partial charge in [0.1, 0.15) is 4.99 Å². The maximum atomic E-state index is 10.5. The summed E-state index contributed by atoms with van der Waals surface area (Å²) in [6, 6.07) is 9.93. The number of nitrogens with one attached hydrogen (secondary N) is 2. The molecule has 0 aliphatic carbocycles. The lowest BCUT2D eigenvalue weighted by Gasteiger charge is -2.27. The molecule has 2 fully saturated rings. The number of rotatable bonds is 10. The Bertz CT molecular complexity index is 665. The highest BCUT2D eigenvalue weighted by atomic mass is 32.1. The first-order valence-electron chi connectivity index (χ1n) is 9.75. The van der Waals surface area contributed by atoms with E-state index in [1.165, 1.54) is 0 Å². The van der Waals surface area contributed by atoms with Crippen LogP contribution in [0.15, 0.2) is 42.5 Å². The van der Waals surface area contributed by atoms with Crippen molar-refractivity contribution in [3.8, 4) is 0 Å². The van der Waals surface area contributed by atoms with Crippen LogP contribution in [0.1, 0.15) is 44.1 Å². The number of carboxylic acid groups (broad SMARTS) is 1. The molecule has 0 spiro atoms. The number of ether oxygens (including phenoxy) is 1.